The van der Waals surface area contributed by atoms with Gasteiger partial charge >= 0.3 is 6.09 Å². The second kappa shape index (κ2) is 4.81. The Kier molecular flexibility index (Phi) is 3.22. The van der Waals surface area contributed by atoms with E-state index < -0.39 is 6.09 Å². The summed E-state index contributed by atoms with van der Waals surface area (Å²) < 4.78 is 9.92. The smallest absolute Gasteiger partial charge is 0.404 e. The Morgan fingerprint density at radius 1 is 1.50 bits per heavy atom. The fourth-order valence-electron chi connectivity index (χ4n) is 1.51. The molecule has 2 rings (SSSR count). The minimum atomic E-state index is -0.764. The monoisotopic (exact) mass is 219 g/mol. The molecule has 1 aliphatic heterocycles. The van der Waals surface area contributed by atoms with Crippen molar-refractivity contribution in [3.63, 3.8) is 0 Å². The second-order valence-electron chi connectivity index (χ2n) is 3.48. The zero-order chi connectivity index (χ0) is 11.4. The van der Waals surface area contributed by atoms with Gasteiger partial charge in [0.25, 0.3) is 0 Å². The van der Waals surface area contributed by atoms with Gasteiger partial charge in [-0.1, -0.05) is 30.3 Å². The van der Waals surface area contributed by atoms with Crippen molar-refractivity contribution in [2.45, 2.75) is 6.10 Å². The topological polar surface area (TPSA) is 64.9 Å². The van der Waals surface area contributed by atoms with Gasteiger partial charge in [-0.15, -0.1) is 0 Å². The lowest BCUT2D eigenvalue weighted by atomic mass is 10.0. The highest BCUT2D eigenvalue weighted by Crippen LogP contribution is 2.28. The van der Waals surface area contributed by atoms with E-state index in [1.54, 1.807) is 0 Å². The molecule has 1 amide bonds. The van der Waals surface area contributed by atoms with Crippen LogP contribution in [0.3, 0.4) is 0 Å². The van der Waals surface area contributed by atoms with Crippen LogP contribution in [0.15, 0.2) is 36.4 Å². The largest absolute Gasteiger partial charge is 0.445 e. The van der Waals surface area contributed by atoms with Gasteiger partial charge in [0, 0.05) is 0 Å². The lowest BCUT2D eigenvalue weighted by Crippen LogP contribution is -2.13. The third-order valence-corrected chi connectivity index (χ3v) is 2.32. The van der Waals surface area contributed by atoms with E-state index in [0.717, 1.165) is 17.7 Å². The molecule has 1 heterocycles. The average molecular weight is 219 g/mol. The van der Waals surface area contributed by atoms with Crippen molar-refractivity contribution in [1.82, 2.24) is 0 Å². The summed E-state index contributed by atoms with van der Waals surface area (Å²) in [6.45, 7) is 0.900. The fourth-order valence-corrected chi connectivity index (χ4v) is 1.51. The summed E-state index contributed by atoms with van der Waals surface area (Å²) in [6, 6.07) is 9.87. The summed E-state index contributed by atoms with van der Waals surface area (Å²) >= 11 is 0. The Morgan fingerprint density at radius 3 is 2.75 bits per heavy atom. The molecule has 4 nitrogen and oxygen atoms in total. The second-order valence-corrected chi connectivity index (χ2v) is 3.48. The Labute approximate surface area is 93.7 Å². The first-order valence-corrected chi connectivity index (χ1v) is 5.06. The molecule has 4 heteroatoms. The van der Waals surface area contributed by atoms with Crippen molar-refractivity contribution in [1.29, 1.82) is 0 Å². The number of epoxide rings is 1. The van der Waals surface area contributed by atoms with E-state index in [9.17, 15) is 4.79 Å². The van der Waals surface area contributed by atoms with E-state index in [2.05, 4.69) is 4.74 Å². The molecule has 1 fully saturated rings. The number of hydrogen-bond donors (Lipinski definition) is 1. The van der Waals surface area contributed by atoms with Crippen molar-refractivity contribution in [2.24, 2.45) is 5.73 Å². The number of amides is 1. The van der Waals surface area contributed by atoms with Gasteiger partial charge in [0.15, 0.2) is 0 Å². The fraction of sp³-hybridized carbons (Fsp3) is 0.250. The van der Waals surface area contributed by atoms with Gasteiger partial charge in [0.05, 0.1) is 6.61 Å². The molecule has 0 radical (unpaired) electrons. The third kappa shape index (κ3) is 2.84. The first-order valence-electron chi connectivity index (χ1n) is 5.06. The molecule has 0 aromatic heterocycles. The number of primary amides is 1. The van der Waals surface area contributed by atoms with Crippen LogP contribution in [-0.4, -0.2) is 25.4 Å². The van der Waals surface area contributed by atoms with Crippen molar-refractivity contribution in [3.8, 4) is 0 Å². The van der Waals surface area contributed by atoms with Gasteiger partial charge in [-0.2, -0.15) is 0 Å². The standard InChI is InChI=1S/C12H13NO3/c13-12(14)15-7-6-10(11-8-16-11)9-4-2-1-3-5-9/h1-6,11H,7-8H2,(H2,13,14). The van der Waals surface area contributed by atoms with Gasteiger partial charge in [0.2, 0.25) is 0 Å². The Hall–Kier alpha value is -1.81. The van der Waals surface area contributed by atoms with Crippen LogP contribution >= 0.6 is 0 Å². The lowest BCUT2D eigenvalue weighted by molar-refractivity contribution is 0.169. The molecule has 1 aromatic carbocycles. The number of ether oxygens (including phenoxy) is 2. The zero-order valence-electron chi connectivity index (χ0n) is 8.76. The van der Waals surface area contributed by atoms with E-state index >= 15 is 0 Å². The zero-order valence-corrected chi connectivity index (χ0v) is 8.76. The van der Waals surface area contributed by atoms with Crippen LogP contribution in [0.5, 0.6) is 0 Å². The Morgan fingerprint density at radius 2 is 2.19 bits per heavy atom. The highest BCUT2D eigenvalue weighted by Gasteiger charge is 2.27. The molecule has 0 saturated carbocycles. The van der Waals surface area contributed by atoms with Crippen molar-refractivity contribution in [3.05, 3.63) is 42.0 Å². The minimum absolute atomic E-state index is 0.124. The normalized spacial score (nSPS) is 19.2. The maximum absolute atomic E-state index is 10.4. The van der Waals surface area contributed by atoms with Gasteiger partial charge in [-0.3, -0.25) is 0 Å². The van der Waals surface area contributed by atoms with Crippen LogP contribution in [0.25, 0.3) is 5.57 Å². The highest BCUT2D eigenvalue weighted by atomic mass is 16.6. The summed E-state index contributed by atoms with van der Waals surface area (Å²) in [5.74, 6) is 0. The van der Waals surface area contributed by atoms with E-state index in [-0.39, 0.29) is 12.7 Å². The summed E-state index contributed by atoms with van der Waals surface area (Å²) in [6.07, 6.45) is 1.19. The van der Waals surface area contributed by atoms with Crippen LogP contribution in [0.1, 0.15) is 5.56 Å². The molecule has 1 saturated heterocycles. The maximum atomic E-state index is 10.4. The van der Waals surface area contributed by atoms with Crippen LogP contribution in [-0.2, 0) is 9.47 Å². The van der Waals surface area contributed by atoms with Gasteiger partial charge in [-0.25, -0.2) is 4.79 Å². The van der Waals surface area contributed by atoms with Crippen molar-refractivity contribution in [2.75, 3.05) is 13.2 Å². The molecule has 2 N–H and O–H groups in total. The van der Waals surface area contributed by atoms with E-state index in [0.29, 0.717) is 0 Å². The summed E-state index contributed by atoms with van der Waals surface area (Å²) in [4.78, 5) is 10.4. The summed E-state index contributed by atoms with van der Waals surface area (Å²) in [5, 5.41) is 0. The molecular weight excluding hydrogens is 206 g/mol. The van der Waals surface area contributed by atoms with Gasteiger partial charge in [0.1, 0.15) is 12.7 Å². The van der Waals surface area contributed by atoms with Gasteiger partial charge in [-0.05, 0) is 17.2 Å². The number of carbonyl (C=O) groups is 1. The first kappa shape index (κ1) is 10.7. The number of hydrogen-bond acceptors (Lipinski definition) is 3. The predicted molar refractivity (Wildman–Crippen MR) is 59.7 cm³/mol. The molecule has 16 heavy (non-hydrogen) atoms. The average Bonchev–Trinajstić information content (AvgIpc) is 3.09. The lowest BCUT2D eigenvalue weighted by Gasteiger charge is -2.04. The van der Waals surface area contributed by atoms with E-state index in [1.165, 1.54) is 0 Å². The quantitative estimate of drug-likeness (QED) is 0.781. The molecule has 1 aromatic rings. The van der Waals surface area contributed by atoms with Crippen LogP contribution in [0.2, 0.25) is 0 Å². The maximum Gasteiger partial charge on any atom is 0.404 e. The SMILES string of the molecule is NC(=O)OCC=C(c1ccccc1)C1CO1. The molecular formula is C12H13NO3. The number of nitrogens with two attached hydrogens (primary N) is 1. The molecule has 1 aliphatic rings. The van der Waals surface area contributed by atoms with Gasteiger partial charge < -0.3 is 15.2 Å². The number of rotatable bonds is 4. The highest BCUT2D eigenvalue weighted by molar-refractivity contribution is 5.71. The molecule has 0 aliphatic carbocycles. The Balaban J connectivity index is 2.08. The molecule has 0 bridgehead atoms. The molecule has 84 valence electrons. The molecule has 0 spiro atoms. The number of carbonyl (C=O) groups excluding carboxylic acids is 1. The number of benzene rings is 1. The summed E-state index contributed by atoms with van der Waals surface area (Å²) in [5.41, 5.74) is 7.01. The van der Waals surface area contributed by atoms with Crippen molar-refractivity contribution >= 4 is 11.7 Å². The third-order valence-electron chi connectivity index (χ3n) is 2.32. The van der Waals surface area contributed by atoms with Crippen LogP contribution in [0, 0.1) is 0 Å². The minimum Gasteiger partial charge on any atom is -0.445 e. The Bertz CT molecular complexity index is 396. The van der Waals surface area contributed by atoms with Crippen LogP contribution < -0.4 is 5.73 Å². The molecule has 1 atom stereocenters. The van der Waals surface area contributed by atoms with Crippen LogP contribution in [0.4, 0.5) is 4.79 Å². The molecule has 1 unspecified atom stereocenters. The predicted octanol–water partition coefficient (Wildman–Crippen LogP) is 1.56. The summed E-state index contributed by atoms with van der Waals surface area (Å²) in [7, 11) is 0. The van der Waals surface area contributed by atoms with E-state index in [4.69, 9.17) is 10.5 Å². The van der Waals surface area contributed by atoms with E-state index in [1.807, 2.05) is 36.4 Å². The van der Waals surface area contributed by atoms with Crippen molar-refractivity contribution < 1.29 is 14.3 Å². The first-order chi connectivity index (χ1) is 7.77.